The van der Waals surface area contributed by atoms with Crippen molar-refractivity contribution in [2.75, 3.05) is 26.2 Å². The highest BCUT2D eigenvalue weighted by Gasteiger charge is 2.10. The van der Waals surface area contributed by atoms with Gasteiger partial charge in [0.15, 0.2) is 0 Å². The average molecular weight is 319 g/mol. The van der Waals surface area contributed by atoms with Crippen LogP contribution in [0.5, 0.6) is 0 Å². The zero-order chi connectivity index (χ0) is 17.0. The van der Waals surface area contributed by atoms with Gasteiger partial charge in [0, 0.05) is 0 Å². The molecule has 0 saturated carbocycles. The maximum absolute atomic E-state index is 11.4. The van der Waals surface area contributed by atoms with Gasteiger partial charge in [-0.1, -0.05) is 13.3 Å². The highest BCUT2D eigenvalue weighted by Crippen LogP contribution is 1.90. The number of amides is 3. The Morgan fingerprint density at radius 2 is 1.50 bits per heavy atom. The van der Waals surface area contributed by atoms with Gasteiger partial charge in [-0.2, -0.15) is 0 Å². The second kappa shape index (κ2) is 11.9. The summed E-state index contributed by atoms with van der Waals surface area (Å²) in [5.74, 6) is -1.57. The fraction of sp³-hybridized carbons (Fsp3) is 0.750. The van der Waals surface area contributed by atoms with E-state index >= 15 is 0 Å². The van der Waals surface area contributed by atoms with Crippen LogP contribution in [0.2, 0.25) is 0 Å². The molecule has 10 heteroatoms. The lowest BCUT2D eigenvalue weighted by Crippen LogP contribution is -2.47. The molecule has 0 rings (SSSR count). The molecule has 10 nitrogen and oxygen atoms in total. The van der Waals surface area contributed by atoms with Crippen molar-refractivity contribution in [3.8, 4) is 0 Å². The van der Waals surface area contributed by atoms with Crippen molar-refractivity contribution < 1.29 is 24.6 Å². The van der Waals surface area contributed by atoms with E-state index in [4.69, 9.17) is 5.73 Å². The highest BCUT2D eigenvalue weighted by molar-refractivity contribution is 5.84. The summed E-state index contributed by atoms with van der Waals surface area (Å²) in [7, 11) is 0. The number of hydrogen-bond donors (Lipinski definition) is 7. The molecule has 0 spiro atoms. The molecule has 22 heavy (non-hydrogen) atoms. The van der Waals surface area contributed by atoms with Crippen molar-refractivity contribution in [3.63, 3.8) is 0 Å². The molecule has 2 unspecified atom stereocenters. The van der Waals surface area contributed by atoms with E-state index in [-0.39, 0.29) is 26.2 Å². The molecule has 0 aliphatic rings. The smallest absolute Gasteiger partial charge is 0.236 e. The van der Waals surface area contributed by atoms with Crippen molar-refractivity contribution in [3.05, 3.63) is 0 Å². The standard InChI is InChI=1S/C12H25N5O5/c1-2-3-9(19)15-5-11(21)17-7-12(22)16-6-10(20)14-4-8(13)18/h9,12,15-16,19,22H,2-7H2,1H3,(H2,13,18)(H,14,20)(H,17,21). The zero-order valence-electron chi connectivity index (χ0n) is 12.6. The van der Waals surface area contributed by atoms with E-state index in [1.165, 1.54) is 0 Å². The maximum atomic E-state index is 11.4. The van der Waals surface area contributed by atoms with Crippen LogP contribution in [-0.4, -0.2) is 66.6 Å². The molecular formula is C12H25N5O5. The highest BCUT2D eigenvalue weighted by atomic mass is 16.3. The Balaban J connectivity index is 3.71. The van der Waals surface area contributed by atoms with Gasteiger partial charge < -0.3 is 26.6 Å². The third-order valence-electron chi connectivity index (χ3n) is 2.51. The lowest BCUT2D eigenvalue weighted by molar-refractivity contribution is -0.124. The van der Waals surface area contributed by atoms with E-state index in [9.17, 15) is 24.6 Å². The van der Waals surface area contributed by atoms with E-state index < -0.39 is 30.2 Å². The number of aliphatic hydroxyl groups is 2. The molecule has 0 aromatic carbocycles. The quantitative estimate of drug-likeness (QED) is 0.182. The second-order valence-electron chi connectivity index (χ2n) is 4.63. The van der Waals surface area contributed by atoms with Gasteiger partial charge in [0.05, 0.1) is 26.2 Å². The van der Waals surface area contributed by atoms with Gasteiger partial charge in [0.1, 0.15) is 12.5 Å². The van der Waals surface area contributed by atoms with Crippen molar-refractivity contribution in [1.29, 1.82) is 0 Å². The van der Waals surface area contributed by atoms with Crippen LogP contribution < -0.4 is 27.0 Å². The molecule has 2 atom stereocenters. The fourth-order valence-corrected chi connectivity index (χ4v) is 1.39. The fourth-order valence-electron chi connectivity index (χ4n) is 1.39. The number of rotatable bonds is 12. The summed E-state index contributed by atoms with van der Waals surface area (Å²) < 4.78 is 0. The lowest BCUT2D eigenvalue weighted by atomic mass is 10.3. The van der Waals surface area contributed by atoms with Crippen LogP contribution in [0.4, 0.5) is 0 Å². The third-order valence-corrected chi connectivity index (χ3v) is 2.51. The summed E-state index contributed by atoms with van der Waals surface area (Å²) in [5, 5.41) is 28.6. The van der Waals surface area contributed by atoms with Crippen molar-refractivity contribution in [1.82, 2.24) is 21.3 Å². The molecule has 0 heterocycles. The van der Waals surface area contributed by atoms with Gasteiger partial charge in [0.2, 0.25) is 17.7 Å². The number of nitrogens with two attached hydrogens (primary N) is 1. The minimum Gasteiger partial charge on any atom is -0.379 e. The Morgan fingerprint density at radius 1 is 0.955 bits per heavy atom. The number of primary amides is 1. The van der Waals surface area contributed by atoms with Crippen LogP contribution in [0, 0.1) is 0 Å². The van der Waals surface area contributed by atoms with E-state index in [1.54, 1.807) is 0 Å². The minimum absolute atomic E-state index is 0.0764. The molecule has 3 amide bonds. The van der Waals surface area contributed by atoms with Crippen LogP contribution in [-0.2, 0) is 14.4 Å². The number of hydrogen-bond acceptors (Lipinski definition) is 7. The van der Waals surface area contributed by atoms with Crippen LogP contribution in [0.15, 0.2) is 0 Å². The molecule has 0 aliphatic heterocycles. The average Bonchev–Trinajstić information content (AvgIpc) is 2.46. The Hall–Kier alpha value is -1.75. The van der Waals surface area contributed by atoms with E-state index in [1.807, 2.05) is 6.92 Å². The molecule has 0 aromatic rings. The molecule has 0 bridgehead atoms. The van der Waals surface area contributed by atoms with Crippen molar-refractivity contribution >= 4 is 17.7 Å². The maximum Gasteiger partial charge on any atom is 0.236 e. The van der Waals surface area contributed by atoms with Crippen LogP contribution >= 0.6 is 0 Å². The first-order valence-electron chi connectivity index (χ1n) is 6.99. The zero-order valence-corrected chi connectivity index (χ0v) is 12.6. The summed E-state index contributed by atoms with van der Waals surface area (Å²) >= 11 is 0. The van der Waals surface area contributed by atoms with Gasteiger partial charge >= 0.3 is 0 Å². The number of nitrogens with one attached hydrogen (secondary N) is 4. The summed E-state index contributed by atoms with van der Waals surface area (Å²) in [5.41, 5.74) is 4.85. The summed E-state index contributed by atoms with van der Waals surface area (Å²) in [6.45, 7) is 1.23. The first-order valence-corrected chi connectivity index (χ1v) is 6.99. The Kier molecular flexibility index (Phi) is 10.9. The van der Waals surface area contributed by atoms with Gasteiger partial charge in [-0.05, 0) is 6.42 Å². The second-order valence-corrected chi connectivity index (χ2v) is 4.63. The molecule has 0 fully saturated rings. The van der Waals surface area contributed by atoms with Crippen LogP contribution in [0.1, 0.15) is 19.8 Å². The Labute approximate surface area is 128 Å². The van der Waals surface area contributed by atoms with Crippen molar-refractivity contribution in [2.24, 2.45) is 5.73 Å². The number of carbonyl (C=O) groups is 3. The van der Waals surface area contributed by atoms with Gasteiger partial charge in [-0.15, -0.1) is 0 Å². The van der Waals surface area contributed by atoms with Crippen LogP contribution in [0.25, 0.3) is 0 Å². The number of carbonyl (C=O) groups excluding carboxylic acids is 3. The largest absolute Gasteiger partial charge is 0.379 e. The summed E-state index contributed by atoms with van der Waals surface area (Å²) in [4.78, 5) is 33.1. The minimum atomic E-state index is -1.12. The topological polar surface area (TPSA) is 166 Å². The predicted molar refractivity (Wildman–Crippen MR) is 78.1 cm³/mol. The molecule has 0 saturated heterocycles. The summed E-state index contributed by atoms with van der Waals surface area (Å²) in [6, 6.07) is 0. The van der Waals surface area contributed by atoms with Gasteiger partial charge in [-0.25, -0.2) is 0 Å². The predicted octanol–water partition coefficient (Wildman–Crippen LogP) is -3.68. The summed E-state index contributed by atoms with van der Waals surface area (Å²) in [6.07, 6.45) is -0.537. The van der Waals surface area contributed by atoms with Crippen molar-refractivity contribution in [2.45, 2.75) is 32.2 Å². The van der Waals surface area contributed by atoms with E-state index in [0.29, 0.717) is 6.42 Å². The Bertz CT molecular complexity index is 366. The first-order chi connectivity index (χ1) is 10.3. The molecule has 0 aromatic heterocycles. The van der Waals surface area contributed by atoms with E-state index in [2.05, 4.69) is 21.3 Å². The molecular weight excluding hydrogens is 294 g/mol. The van der Waals surface area contributed by atoms with Gasteiger partial charge in [-0.3, -0.25) is 25.0 Å². The lowest BCUT2D eigenvalue weighted by Gasteiger charge is -2.15. The molecule has 128 valence electrons. The normalized spacial score (nSPS) is 13.2. The monoisotopic (exact) mass is 319 g/mol. The van der Waals surface area contributed by atoms with Gasteiger partial charge in [0.25, 0.3) is 0 Å². The van der Waals surface area contributed by atoms with E-state index in [0.717, 1.165) is 6.42 Å². The molecule has 0 radical (unpaired) electrons. The number of aliphatic hydroxyl groups excluding tert-OH is 2. The Morgan fingerprint density at radius 3 is 2.05 bits per heavy atom. The molecule has 8 N–H and O–H groups in total. The molecule has 0 aliphatic carbocycles. The third kappa shape index (κ3) is 12.0. The first kappa shape index (κ1) is 20.2. The van der Waals surface area contributed by atoms with Crippen LogP contribution in [0.3, 0.4) is 0 Å². The SMILES string of the molecule is CCCC(O)NCC(=O)NCC(O)NCC(=O)NCC(N)=O.